The zero-order valence-electron chi connectivity index (χ0n) is 12.7. The van der Waals surface area contributed by atoms with Crippen molar-refractivity contribution < 1.29 is 17.5 Å². The van der Waals surface area contributed by atoms with Gasteiger partial charge in [0.1, 0.15) is 5.82 Å². The van der Waals surface area contributed by atoms with Crippen molar-refractivity contribution in [2.45, 2.75) is 22.8 Å². The van der Waals surface area contributed by atoms with E-state index in [-0.39, 0.29) is 16.4 Å². The van der Waals surface area contributed by atoms with Crippen LogP contribution in [-0.4, -0.2) is 33.6 Å². The number of pyridine rings is 1. The summed E-state index contributed by atoms with van der Waals surface area (Å²) in [6.45, 7) is 1.87. The molecule has 0 N–H and O–H groups in total. The number of halogens is 1. The lowest BCUT2D eigenvalue weighted by Crippen LogP contribution is -2.37. The number of nitrogens with zero attached hydrogens (tertiary/aromatic N) is 2. The molecule has 5 nitrogen and oxygen atoms in total. The molecule has 0 bridgehead atoms. The van der Waals surface area contributed by atoms with Gasteiger partial charge >= 0.3 is 0 Å². The standard InChI is InChI=1S/C16H17FN2O3S/c1-22-11-12-3-4-13(17)7-16(12)23(20,21)15-8-14(9-18-10-15)19-5-2-6-19/h3-4,7-10H,2,5-6,11H2,1H3. The van der Waals surface area contributed by atoms with Gasteiger partial charge in [0.25, 0.3) is 0 Å². The quantitative estimate of drug-likeness (QED) is 0.839. The van der Waals surface area contributed by atoms with Crippen LogP contribution in [0.4, 0.5) is 10.1 Å². The predicted molar refractivity (Wildman–Crippen MR) is 83.6 cm³/mol. The fraction of sp³-hybridized carbons (Fsp3) is 0.312. The first-order valence-electron chi connectivity index (χ1n) is 7.25. The smallest absolute Gasteiger partial charge is 0.208 e. The summed E-state index contributed by atoms with van der Waals surface area (Å²) in [6, 6.07) is 5.27. The Bertz CT molecular complexity index is 820. The van der Waals surface area contributed by atoms with E-state index < -0.39 is 15.7 Å². The molecule has 1 aromatic heterocycles. The first kappa shape index (κ1) is 15.9. The fourth-order valence-electron chi connectivity index (χ4n) is 2.48. The highest BCUT2D eigenvalue weighted by atomic mass is 32.2. The lowest BCUT2D eigenvalue weighted by atomic mass is 10.2. The van der Waals surface area contributed by atoms with E-state index in [2.05, 4.69) is 4.98 Å². The van der Waals surface area contributed by atoms with Crippen molar-refractivity contribution in [3.8, 4) is 0 Å². The second-order valence-electron chi connectivity index (χ2n) is 5.41. The second-order valence-corrected chi connectivity index (χ2v) is 7.33. The van der Waals surface area contributed by atoms with Crippen LogP contribution in [0.5, 0.6) is 0 Å². The van der Waals surface area contributed by atoms with Crippen molar-refractivity contribution in [1.29, 1.82) is 0 Å². The summed E-state index contributed by atoms with van der Waals surface area (Å²) >= 11 is 0. The minimum absolute atomic E-state index is 0.0600. The van der Waals surface area contributed by atoms with E-state index in [1.807, 2.05) is 4.90 Å². The van der Waals surface area contributed by atoms with Gasteiger partial charge < -0.3 is 9.64 Å². The minimum atomic E-state index is -3.86. The molecular formula is C16H17FN2O3S. The summed E-state index contributed by atoms with van der Waals surface area (Å²) < 4.78 is 44.4. The average Bonchev–Trinajstić information content (AvgIpc) is 2.48. The molecule has 0 unspecified atom stereocenters. The van der Waals surface area contributed by atoms with Gasteiger partial charge in [-0.3, -0.25) is 4.98 Å². The monoisotopic (exact) mass is 336 g/mol. The highest BCUT2D eigenvalue weighted by Gasteiger charge is 2.24. The van der Waals surface area contributed by atoms with Crippen molar-refractivity contribution in [3.63, 3.8) is 0 Å². The largest absolute Gasteiger partial charge is 0.380 e. The molecule has 1 saturated heterocycles. The van der Waals surface area contributed by atoms with Gasteiger partial charge in [-0.05, 0) is 30.2 Å². The summed E-state index contributed by atoms with van der Waals surface area (Å²) in [5.74, 6) is -0.602. The topological polar surface area (TPSA) is 59.5 Å². The maximum atomic E-state index is 13.6. The molecule has 1 aliphatic rings. The Balaban J connectivity index is 2.06. The molecule has 0 amide bonds. The maximum Gasteiger partial charge on any atom is 0.208 e. The molecule has 0 radical (unpaired) electrons. The van der Waals surface area contributed by atoms with Crippen molar-refractivity contribution in [2.75, 3.05) is 25.1 Å². The molecule has 122 valence electrons. The van der Waals surface area contributed by atoms with Crippen LogP contribution < -0.4 is 4.90 Å². The lowest BCUT2D eigenvalue weighted by molar-refractivity contribution is 0.182. The van der Waals surface area contributed by atoms with Crippen LogP contribution in [0, 0.1) is 5.82 Å². The van der Waals surface area contributed by atoms with E-state index in [1.165, 1.54) is 25.4 Å². The normalized spacial score (nSPS) is 14.6. The summed E-state index contributed by atoms with van der Waals surface area (Å²) in [5.41, 5.74) is 1.19. The van der Waals surface area contributed by atoms with Crippen molar-refractivity contribution >= 4 is 15.5 Å². The third kappa shape index (κ3) is 3.07. The number of methoxy groups -OCH3 is 1. The van der Waals surface area contributed by atoms with Crippen LogP contribution in [0.25, 0.3) is 0 Å². The molecule has 0 spiro atoms. The molecule has 2 heterocycles. The highest BCUT2D eigenvalue weighted by molar-refractivity contribution is 7.91. The molecule has 2 aromatic rings. The van der Waals surface area contributed by atoms with Crippen LogP contribution in [0.1, 0.15) is 12.0 Å². The van der Waals surface area contributed by atoms with Gasteiger partial charge in [0.05, 0.1) is 28.3 Å². The Hall–Kier alpha value is -1.99. The predicted octanol–water partition coefficient (Wildman–Crippen LogP) is 2.41. The Kier molecular flexibility index (Phi) is 4.32. The number of aromatic nitrogens is 1. The maximum absolute atomic E-state index is 13.6. The summed E-state index contributed by atoms with van der Waals surface area (Å²) in [6.07, 6.45) is 4.01. The second kappa shape index (κ2) is 6.25. The molecular weight excluding hydrogens is 319 g/mol. The fourth-order valence-corrected chi connectivity index (χ4v) is 3.95. The Morgan fingerprint density at radius 3 is 2.70 bits per heavy atom. The SMILES string of the molecule is COCc1ccc(F)cc1S(=O)(=O)c1cncc(N2CCC2)c1. The van der Waals surface area contributed by atoms with Crippen LogP contribution >= 0.6 is 0 Å². The number of hydrogen-bond acceptors (Lipinski definition) is 5. The summed E-state index contributed by atoms with van der Waals surface area (Å²) in [5, 5.41) is 0. The van der Waals surface area contributed by atoms with Gasteiger partial charge in [0, 0.05) is 26.4 Å². The molecule has 0 saturated carbocycles. The number of benzene rings is 1. The number of anilines is 1. The van der Waals surface area contributed by atoms with Gasteiger partial charge in [0.15, 0.2) is 0 Å². The molecule has 3 rings (SSSR count). The van der Waals surface area contributed by atoms with Gasteiger partial charge in [-0.25, -0.2) is 12.8 Å². The molecule has 7 heteroatoms. The molecule has 1 fully saturated rings. The van der Waals surface area contributed by atoms with Gasteiger partial charge in [-0.15, -0.1) is 0 Å². The first-order chi connectivity index (χ1) is 11.0. The Morgan fingerprint density at radius 1 is 1.26 bits per heavy atom. The van der Waals surface area contributed by atoms with Crippen LogP contribution in [0.2, 0.25) is 0 Å². The van der Waals surface area contributed by atoms with E-state index in [0.29, 0.717) is 5.56 Å². The van der Waals surface area contributed by atoms with Crippen LogP contribution in [0.15, 0.2) is 46.5 Å². The Morgan fingerprint density at radius 2 is 2.04 bits per heavy atom. The molecule has 0 aliphatic carbocycles. The first-order valence-corrected chi connectivity index (χ1v) is 8.73. The number of hydrogen-bond donors (Lipinski definition) is 0. The molecule has 0 atom stereocenters. The van der Waals surface area contributed by atoms with E-state index >= 15 is 0 Å². The Labute approximate surface area is 134 Å². The summed E-state index contributed by atoms with van der Waals surface area (Å²) in [7, 11) is -2.40. The number of rotatable bonds is 5. The molecule has 1 aliphatic heterocycles. The van der Waals surface area contributed by atoms with Gasteiger partial charge in [-0.2, -0.15) is 0 Å². The van der Waals surface area contributed by atoms with Crippen LogP contribution in [0.3, 0.4) is 0 Å². The van der Waals surface area contributed by atoms with E-state index in [0.717, 1.165) is 31.3 Å². The zero-order valence-corrected chi connectivity index (χ0v) is 13.5. The molecule has 1 aromatic carbocycles. The van der Waals surface area contributed by atoms with Crippen LogP contribution in [-0.2, 0) is 21.2 Å². The average molecular weight is 336 g/mol. The van der Waals surface area contributed by atoms with Gasteiger partial charge in [0.2, 0.25) is 9.84 Å². The third-order valence-electron chi connectivity index (χ3n) is 3.85. The number of sulfone groups is 1. The van der Waals surface area contributed by atoms with Gasteiger partial charge in [-0.1, -0.05) is 6.07 Å². The zero-order chi connectivity index (χ0) is 16.4. The van der Waals surface area contributed by atoms with E-state index in [9.17, 15) is 12.8 Å². The molecule has 23 heavy (non-hydrogen) atoms. The third-order valence-corrected chi connectivity index (χ3v) is 5.65. The van der Waals surface area contributed by atoms with Crippen molar-refractivity contribution in [1.82, 2.24) is 4.98 Å². The van der Waals surface area contributed by atoms with Crippen molar-refractivity contribution in [3.05, 3.63) is 48.0 Å². The van der Waals surface area contributed by atoms with E-state index in [4.69, 9.17) is 4.74 Å². The minimum Gasteiger partial charge on any atom is -0.380 e. The highest BCUT2D eigenvalue weighted by Crippen LogP contribution is 2.28. The lowest BCUT2D eigenvalue weighted by Gasteiger charge is -2.33. The summed E-state index contributed by atoms with van der Waals surface area (Å²) in [4.78, 5) is 6.06. The van der Waals surface area contributed by atoms with E-state index in [1.54, 1.807) is 12.3 Å². The number of ether oxygens (including phenoxy) is 1. The van der Waals surface area contributed by atoms with Crippen molar-refractivity contribution in [2.24, 2.45) is 0 Å².